The Morgan fingerprint density at radius 3 is 2.65 bits per heavy atom. The first-order chi connectivity index (χ1) is 11.0. The molecular formula is C16H26N4O2S. The Hall–Kier alpha value is -1.60. The van der Waals surface area contributed by atoms with Gasteiger partial charge in [-0.15, -0.1) is 0 Å². The lowest BCUT2D eigenvalue weighted by atomic mass is 10.00. The van der Waals surface area contributed by atoms with Gasteiger partial charge in [0.15, 0.2) is 5.96 Å². The maximum Gasteiger partial charge on any atom is 0.240 e. The fourth-order valence-corrected chi connectivity index (χ4v) is 3.47. The van der Waals surface area contributed by atoms with Gasteiger partial charge in [-0.05, 0) is 43.5 Å². The summed E-state index contributed by atoms with van der Waals surface area (Å²) in [6.07, 6.45) is 2.35. The summed E-state index contributed by atoms with van der Waals surface area (Å²) < 4.78 is 26.1. The molecule has 6 nitrogen and oxygen atoms in total. The van der Waals surface area contributed by atoms with Gasteiger partial charge in [-0.25, -0.2) is 13.1 Å². The van der Waals surface area contributed by atoms with Crippen molar-refractivity contribution >= 4 is 16.0 Å². The van der Waals surface area contributed by atoms with Crippen molar-refractivity contribution in [2.75, 3.05) is 27.2 Å². The lowest BCUT2D eigenvalue weighted by Crippen LogP contribution is -2.45. The molecule has 1 aliphatic rings. The van der Waals surface area contributed by atoms with Gasteiger partial charge >= 0.3 is 0 Å². The number of likely N-dealkylation sites (tertiary alicyclic amines) is 1. The van der Waals surface area contributed by atoms with E-state index in [2.05, 4.69) is 26.9 Å². The average Bonchev–Trinajstić information content (AvgIpc) is 2.57. The van der Waals surface area contributed by atoms with Crippen LogP contribution in [0.4, 0.5) is 0 Å². The molecule has 1 aliphatic heterocycles. The lowest BCUT2D eigenvalue weighted by Gasteiger charge is -2.32. The number of sulfonamides is 1. The van der Waals surface area contributed by atoms with E-state index in [0.29, 0.717) is 6.54 Å². The van der Waals surface area contributed by atoms with Gasteiger partial charge in [0.2, 0.25) is 10.0 Å². The van der Waals surface area contributed by atoms with Crippen LogP contribution < -0.4 is 10.0 Å². The molecule has 0 radical (unpaired) electrons. The molecule has 128 valence electrons. The predicted octanol–water partition coefficient (Wildman–Crippen LogP) is 1.40. The Labute approximate surface area is 139 Å². The van der Waals surface area contributed by atoms with E-state index >= 15 is 0 Å². The molecule has 1 aromatic carbocycles. The minimum absolute atomic E-state index is 0.279. The third-order valence-corrected chi connectivity index (χ3v) is 5.64. The van der Waals surface area contributed by atoms with Crippen LogP contribution in [-0.2, 0) is 16.6 Å². The van der Waals surface area contributed by atoms with E-state index in [-0.39, 0.29) is 4.90 Å². The SMILES string of the molecule is CN=C(NCc1cccc(S(=O)(=O)NC)c1)N1CCC(C)CC1. The largest absolute Gasteiger partial charge is 0.352 e. The highest BCUT2D eigenvalue weighted by molar-refractivity contribution is 7.89. The van der Waals surface area contributed by atoms with Crippen LogP contribution in [0.25, 0.3) is 0 Å². The summed E-state index contributed by atoms with van der Waals surface area (Å²) in [5.41, 5.74) is 0.910. The van der Waals surface area contributed by atoms with Gasteiger partial charge in [-0.2, -0.15) is 0 Å². The van der Waals surface area contributed by atoms with E-state index < -0.39 is 10.0 Å². The molecule has 1 fully saturated rings. The fourth-order valence-electron chi connectivity index (χ4n) is 2.67. The Kier molecular flexibility index (Phi) is 6.01. The van der Waals surface area contributed by atoms with E-state index in [1.807, 2.05) is 6.07 Å². The summed E-state index contributed by atoms with van der Waals surface area (Å²) in [6.45, 7) is 4.84. The molecule has 0 amide bonds. The maximum absolute atomic E-state index is 11.9. The molecule has 1 saturated heterocycles. The summed E-state index contributed by atoms with van der Waals surface area (Å²) in [6, 6.07) is 6.94. The highest BCUT2D eigenvalue weighted by Gasteiger charge is 2.18. The second-order valence-corrected chi connectivity index (χ2v) is 7.81. The molecule has 7 heteroatoms. The number of piperidine rings is 1. The molecular weight excluding hydrogens is 312 g/mol. The van der Waals surface area contributed by atoms with Crippen molar-refractivity contribution in [3.05, 3.63) is 29.8 Å². The number of nitrogens with one attached hydrogen (secondary N) is 2. The van der Waals surface area contributed by atoms with Crippen molar-refractivity contribution in [1.29, 1.82) is 0 Å². The van der Waals surface area contributed by atoms with Gasteiger partial charge in [0.1, 0.15) is 0 Å². The molecule has 2 N–H and O–H groups in total. The lowest BCUT2D eigenvalue weighted by molar-refractivity contribution is 0.273. The molecule has 23 heavy (non-hydrogen) atoms. The van der Waals surface area contributed by atoms with Gasteiger partial charge in [0.25, 0.3) is 0 Å². The standard InChI is InChI=1S/C16H26N4O2S/c1-13-7-9-20(10-8-13)16(17-2)19-12-14-5-4-6-15(11-14)23(21,22)18-3/h4-6,11,13,18H,7-10,12H2,1-3H3,(H,17,19). The van der Waals surface area contributed by atoms with Crippen LogP contribution >= 0.6 is 0 Å². The molecule has 2 rings (SSSR count). The normalized spacial score (nSPS) is 17.3. The number of hydrogen-bond donors (Lipinski definition) is 2. The molecule has 0 spiro atoms. The molecule has 1 aromatic rings. The minimum atomic E-state index is -3.41. The Morgan fingerprint density at radius 1 is 1.35 bits per heavy atom. The second kappa shape index (κ2) is 7.79. The van der Waals surface area contributed by atoms with E-state index in [4.69, 9.17) is 0 Å². The smallest absolute Gasteiger partial charge is 0.240 e. The zero-order valence-corrected chi connectivity index (χ0v) is 14.9. The minimum Gasteiger partial charge on any atom is -0.352 e. The number of aliphatic imine (C=N–C) groups is 1. The highest BCUT2D eigenvalue weighted by atomic mass is 32.2. The van der Waals surface area contributed by atoms with E-state index in [9.17, 15) is 8.42 Å². The number of guanidine groups is 1. The predicted molar refractivity (Wildman–Crippen MR) is 92.9 cm³/mol. The second-order valence-electron chi connectivity index (χ2n) is 5.93. The van der Waals surface area contributed by atoms with Gasteiger partial charge < -0.3 is 10.2 Å². The van der Waals surface area contributed by atoms with E-state index in [1.165, 1.54) is 19.9 Å². The zero-order valence-electron chi connectivity index (χ0n) is 14.0. The highest BCUT2D eigenvalue weighted by Crippen LogP contribution is 2.16. The van der Waals surface area contributed by atoms with Crippen LogP contribution in [-0.4, -0.2) is 46.5 Å². The molecule has 0 bridgehead atoms. The van der Waals surface area contributed by atoms with Crippen LogP contribution in [0.3, 0.4) is 0 Å². The Bertz CT molecular complexity index is 650. The third kappa shape index (κ3) is 4.68. The van der Waals surface area contributed by atoms with E-state index in [1.54, 1.807) is 25.2 Å². The van der Waals surface area contributed by atoms with Crippen LogP contribution in [0.5, 0.6) is 0 Å². The van der Waals surface area contributed by atoms with Gasteiger partial charge in [0.05, 0.1) is 4.90 Å². The first-order valence-electron chi connectivity index (χ1n) is 7.94. The summed E-state index contributed by atoms with van der Waals surface area (Å²) in [7, 11) is -0.214. The molecule has 1 heterocycles. The summed E-state index contributed by atoms with van der Waals surface area (Å²) in [4.78, 5) is 6.88. The topological polar surface area (TPSA) is 73.8 Å². The van der Waals surface area contributed by atoms with Crippen molar-refractivity contribution in [2.24, 2.45) is 10.9 Å². The molecule has 0 aromatic heterocycles. The van der Waals surface area contributed by atoms with Gasteiger partial charge in [0, 0.05) is 26.7 Å². The summed E-state index contributed by atoms with van der Waals surface area (Å²) in [5.74, 6) is 1.64. The zero-order chi connectivity index (χ0) is 16.9. The summed E-state index contributed by atoms with van der Waals surface area (Å²) in [5, 5.41) is 3.33. The van der Waals surface area contributed by atoms with Gasteiger partial charge in [-0.3, -0.25) is 4.99 Å². The quantitative estimate of drug-likeness (QED) is 0.643. The monoisotopic (exact) mass is 338 g/mol. The average molecular weight is 338 g/mol. The molecule has 0 saturated carbocycles. The summed E-state index contributed by atoms with van der Waals surface area (Å²) >= 11 is 0. The van der Waals surface area contributed by atoms with Crippen LogP contribution in [0, 0.1) is 5.92 Å². The number of rotatable bonds is 4. The first-order valence-corrected chi connectivity index (χ1v) is 9.42. The Balaban J connectivity index is 2.01. The number of benzene rings is 1. The van der Waals surface area contributed by atoms with Crippen LogP contribution in [0.1, 0.15) is 25.3 Å². The maximum atomic E-state index is 11.9. The number of hydrogen-bond acceptors (Lipinski definition) is 3. The fraction of sp³-hybridized carbons (Fsp3) is 0.562. The van der Waals surface area contributed by atoms with Crippen molar-refractivity contribution in [2.45, 2.75) is 31.2 Å². The number of nitrogens with zero attached hydrogens (tertiary/aromatic N) is 2. The van der Waals surface area contributed by atoms with Crippen molar-refractivity contribution in [1.82, 2.24) is 14.9 Å². The molecule has 0 atom stereocenters. The molecule has 0 unspecified atom stereocenters. The van der Waals surface area contributed by atoms with Crippen molar-refractivity contribution in [3.63, 3.8) is 0 Å². The van der Waals surface area contributed by atoms with E-state index in [0.717, 1.165) is 30.5 Å². The molecule has 0 aliphatic carbocycles. The van der Waals surface area contributed by atoms with Crippen molar-refractivity contribution in [3.8, 4) is 0 Å². The van der Waals surface area contributed by atoms with Crippen LogP contribution in [0.2, 0.25) is 0 Å². The van der Waals surface area contributed by atoms with Crippen molar-refractivity contribution < 1.29 is 8.42 Å². The Morgan fingerprint density at radius 2 is 2.04 bits per heavy atom. The first kappa shape index (κ1) is 17.7. The van der Waals surface area contributed by atoms with Crippen LogP contribution in [0.15, 0.2) is 34.2 Å². The van der Waals surface area contributed by atoms with Gasteiger partial charge in [-0.1, -0.05) is 19.1 Å². The third-order valence-electron chi connectivity index (χ3n) is 4.22.